The van der Waals surface area contributed by atoms with E-state index in [1.165, 1.54) is 0 Å². The molecule has 3 heterocycles. The smallest absolute Gasteiger partial charge is 0.475 e. The summed E-state index contributed by atoms with van der Waals surface area (Å²) in [5.41, 5.74) is 6.73. The van der Waals surface area contributed by atoms with Crippen molar-refractivity contribution in [3.63, 3.8) is 0 Å². The topological polar surface area (TPSA) is 136 Å². The van der Waals surface area contributed by atoms with Gasteiger partial charge in [-0.25, -0.2) is 14.5 Å². The van der Waals surface area contributed by atoms with Gasteiger partial charge in [0, 0.05) is 26.4 Å². The normalized spacial score (nSPS) is 14.7. The van der Waals surface area contributed by atoms with Crippen LogP contribution < -0.4 is 10.6 Å². The molecule has 1 aliphatic rings. The van der Waals surface area contributed by atoms with Gasteiger partial charge in [0.2, 0.25) is 0 Å². The average molecular weight is 430 g/mol. The van der Waals surface area contributed by atoms with Gasteiger partial charge in [-0.3, -0.25) is 4.79 Å². The van der Waals surface area contributed by atoms with Gasteiger partial charge in [-0.1, -0.05) is 5.21 Å². The first-order valence-electron chi connectivity index (χ1n) is 8.83. The van der Waals surface area contributed by atoms with Gasteiger partial charge < -0.3 is 20.5 Å². The van der Waals surface area contributed by atoms with Gasteiger partial charge in [-0.2, -0.15) is 13.2 Å². The molecule has 164 valence electrons. The van der Waals surface area contributed by atoms with Crippen LogP contribution in [0.5, 0.6) is 0 Å². The van der Waals surface area contributed by atoms with E-state index in [0.29, 0.717) is 24.0 Å². The maximum absolute atomic E-state index is 11.5. The molecule has 1 amide bonds. The molecule has 3 N–H and O–H groups in total. The first kappa shape index (κ1) is 23.1. The number of amides is 1. The number of carboxylic acid groups (broad SMARTS) is 1. The molecule has 13 heteroatoms. The molecule has 1 saturated heterocycles. The lowest BCUT2D eigenvalue weighted by Gasteiger charge is -2.33. The van der Waals surface area contributed by atoms with Crippen molar-refractivity contribution in [2.24, 2.45) is 5.73 Å². The van der Waals surface area contributed by atoms with E-state index in [-0.39, 0.29) is 0 Å². The lowest BCUT2D eigenvalue weighted by Crippen LogP contribution is -2.36. The van der Waals surface area contributed by atoms with Crippen LogP contribution in [0.4, 0.5) is 19.0 Å². The van der Waals surface area contributed by atoms with Gasteiger partial charge in [0.25, 0.3) is 5.91 Å². The van der Waals surface area contributed by atoms with E-state index in [2.05, 4.69) is 20.2 Å². The summed E-state index contributed by atoms with van der Waals surface area (Å²) >= 11 is 0. The Morgan fingerprint density at radius 2 is 1.97 bits per heavy atom. The minimum atomic E-state index is -5.08. The second kappa shape index (κ2) is 10.0. The van der Waals surface area contributed by atoms with Crippen LogP contribution in [0.25, 0.3) is 0 Å². The number of carbonyl (C=O) groups is 2. The number of aromatic nitrogens is 4. The highest BCUT2D eigenvalue weighted by atomic mass is 19.4. The zero-order chi connectivity index (χ0) is 22.3. The van der Waals surface area contributed by atoms with Crippen molar-refractivity contribution < 1.29 is 32.6 Å². The molecule has 1 fully saturated rings. The number of nitrogens with zero attached hydrogens (tertiary/aromatic N) is 5. The molecule has 0 atom stereocenters. The number of alkyl halides is 3. The monoisotopic (exact) mass is 430 g/mol. The minimum Gasteiger partial charge on any atom is -0.475 e. The van der Waals surface area contributed by atoms with Crippen molar-refractivity contribution >= 4 is 17.7 Å². The number of halogens is 3. The van der Waals surface area contributed by atoms with Crippen LogP contribution in [0, 0.1) is 0 Å². The molecule has 1 aliphatic heterocycles. The van der Waals surface area contributed by atoms with Crippen LogP contribution >= 0.6 is 0 Å². The fourth-order valence-electron chi connectivity index (χ4n) is 2.89. The number of pyridine rings is 1. The first-order valence-corrected chi connectivity index (χ1v) is 8.83. The standard InChI is InChI=1S/C15H20N6O2.C2HF3O2/c1-23-10-11-9-21(19-18-11)12-4-7-20(8-5-12)15-13(14(16)22)3-2-6-17-15;3-2(4,5)1(6)7/h2-3,6,9,12H,4-5,7-8,10H2,1H3,(H2,16,22);(H,6,7). The maximum atomic E-state index is 11.5. The fourth-order valence-corrected chi connectivity index (χ4v) is 2.89. The second-order valence-electron chi connectivity index (χ2n) is 6.38. The SMILES string of the molecule is COCc1cn(C2CCN(c3ncccc3C(N)=O)CC2)nn1.O=C(O)C(F)(F)F. The van der Waals surface area contributed by atoms with Gasteiger partial charge in [-0.15, -0.1) is 5.10 Å². The number of carbonyl (C=O) groups excluding carboxylic acids is 1. The van der Waals surface area contributed by atoms with E-state index in [0.717, 1.165) is 31.6 Å². The summed E-state index contributed by atoms with van der Waals surface area (Å²) in [5.74, 6) is -2.54. The maximum Gasteiger partial charge on any atom is 0.490 e. The van der Waals surface area contributed by atoms with E-state index in [1.54, 1.807) is 25.4 Å². The van der Waals surface area contributed by atoms with Crippen molar-refractivity contribution in [3.05, 3.63) is 35.8 Å². The zero-order valence-corrected chi connectivity index (χ0v) is 16.0. The third-order valence-corrected chi connectivity index (χ3v) is 4.28. The summed E-state index contributed by atoms with van der Waals surface area (Å²) in [4.78, 5) is 26.9. The number of primary amides is 1. The van der Waals surface area contributed by atoms with Crippen molar-refractivity contribution in [3.8, 4) is 0 Å². The number of ether oxygens (including phenoxy) is 1. The first-order chi connectivity index (χ1) is 14.1. The van der Waals surface area contributed by atoms with E-state index in [9.17, 15) is 18.0 Å². The van der Waals surface area contributed by atoms with E-state index < -0.39 is 18.1 Å². The number of hydrogen-bond donors (Lipinski definition) is 2. The van der Waals surface area contributed by atoms with Gasteiger partial charge in [0.05, 0.1) is 24.4 Å². The van der Waals surface area contributed by atoms with Gasteiger partial charge in [0.15, 0.2) is 0 Å². The molecular weight excluding hydrogens is 409 g/mol. The molecule has 0 saturated carbocycles. The molecule has 0 spiro atoms. The number of piperidine rings is 1. The highest BCUT2D eigenvalue weighted by molar-refractivity contribution is 5.97. The zero-order valence-electron chi connectivity index (χ0n) is 16.0. The van der Waals surface area contributed by atoms with Crippen molar-refractivity contribution in [2.45, 2.75) is 31.7 Å². The number of hydrogen-bond acceptors (Lipinski definition) is 7. The lowest BCUT2D eigenvalue weighted by atomic mass is 10.0. The number of nitrogens with two attached hydrogens (primary N) is 1. The van der Waals surface area contributed by atoms with Crippen molar-refractivity contribution in [1.82, 2.24) is 20.0 Å². The van der Waals surface area contributed by atoms with Gasteiger partial charge in [-0.05, 0) is 25.0 Å². The molecule has 10 nitrogen and oxygen atoms in total. The van der Waals surface area contributed by atoms with E-state index >= 15 is 0 Å². The molecule has 2 aromatic heterocycles. The van der Waals surface area contributed by atoms with Crippen molar-refractivity contribution in [1.29, 1.82) is 0 Å². The Morgan fingerprint density at radius 3 is 2.50 bits per heavy atom. The summed E-state index contributed by atoms with van der Waals surface area (Å²) in [6.07, 6.45) is 0.344. The summed E-state index contributed by atoms with van der Waals surface area (Å²) in [6.45, 7) is 2.05. The Morgan fingerprint density at radius 1 is 1.33 bits per heavy atom. The van der Waals surface area contributed by atoms with Crippen LogP contribution in [0.1, 0.15) is 34.9 Å². The average Bonchev–Trinajstić information content (AvgIpc) is 3.17. The molecule has 2 aromatic rings. The quantitative estimate of drug-likeness (QED) is 0.726. The van der Waals surface area contributed by atoms with Gasteiger partial charge >= 0.3 is 12.1 Å². The third kappa shape index (κ3) is 6.14. The van der Waals surface area contributed by atoms with Crippen LogP contribution in [-0.2, 0) is 16.1 Å². The molecular formula is C17H21F3N6O4. The second-order valence-corrected chi connectivity index (χ2v) is 6.38. The Kier molecular flexibility index (Phi) is 7.69. The Labute approximate surface area is 169 Å². The van der Waals surface area contributed by atoms with Crippen LogP contribution in [0.2, 0.25) is 0 Å². The van der Waals surface area contributed by atoms with Crippen LogP contribution in [-0.4, -0.2) is 63.3 Å². The fraction of sp³-hybridized carbons (Fsp3) is 0.471. The summed E-state index contributed by atoms with van der Waals surface area (Å²) in [7, 11) is 1.64. The minimum absolute atomic E-state index is 0.296. The highest BCUT2D eigenvalue weighted by Crippen LogP contribution is 2.26. The molecule has 0 bridgehead atoms. The van der Waals surface area contributed by atoms with Crippen molar-refractivity contribution in [2.75, 3.05) is 25.1 Å². The third-order valence-electron chi connectivity index (χ3n) is 4.28. The Hall–Kier alpha value is -3.22. The number of carboxylic acids is 1. The molecule has 0 unspecified atom stereocenters. The summed E-state index contributed by atoms with van der Waals surface area (Å²) in [6, 6.07) is 3.74. The largest absolute Gasteiger partial charge is 0.490 e. The molecule has 3 rings (SSSR count). The number of aliphatic carboxylic acids is 1. The number of anilines is 1. The van der Waals surface area contributed by atoms with E-state index in [4.69, 9.17) is 20.4 Å². The number of rotatable bonds is 5. The molecule has 0 aliphatic carbocycles. The molecule has 30 heavy (non-hydrogen) atoms. The van der Waals surface area contributed by atoms with Crippen LogP contribution in [0.3, 0.4) is 0 Å². The van der Waals surface area contributed by atoms with Crippen LogP contribution in [0.15, 0.2) is 24.5 Å². The predicted octanol–water partition coefficient (Wildman–Crippen LogP) is 1.39. The Bertz CT molecular complexity index is 865. The Balaban J connectivity index is 0.000000396. The molecule has 0 radical (unpaired) electrons. The van der Waals surface area contributed by atoms with Gasteiger partial charge in [0.1, 0.15) is 11.5 Å². The van der Waals surface area contributed by atoms with E-state index in [1.807, 2.05) is 10.9 Å². The lowest BCUT2D eigenvalue weighted by molar-refractivity contribution is -0.192. The summed E-state index contributed by atoms with van der Waals surface area (Å²) in [5, 5.41) is 15.4. The highest BCUT2D eigenvalue weighted by Gasteiger charge is 2.38. The predicted molar refractivity (Wildman–Crippen MR) is 97.7 cm³/mol. The summed E-state index contributed by atoms with van der Waals surface area (Å²) < 4.78 is 38.7. The molecule has 0 aromatic carbocycles. The number of methoxy groups -OCH3 is 1.